The van der Waals surface area contributed by atoms with Crippen molar-refractivity contribution in [2.24, 2.45) is 0 Å². The molecule has 1 saturated carbocycles. The SMILES string of the molecule is CCC(=O)OC1CCCC1.O=P(O)(O)O. The Labute approximate surface area is 88.5 Å². The number of rotatable bonds is 2. The smallest absolute Gasteiger partial charge is 0.462 e. The zero-order valence-corrected chi connectivity index (χ0v) is 9.52. The van der Waals surface area contributed by atoms with E-state index in [2.05, 4.69) is 0 Å². The molecular weight excluding hydrogens is 223 g/mol. The molecule has 0 radical (unpaired) electrons. The molecule has 0 bridgehead atoms. The predicted molar refractivity (Wildman–Crippen MR) is 52.9 cm³/mol. The van der Waals surface area contributed by atoms with E-state index >= 15 is 0 Å². The van der Waals surface area contributed by atoms with Gasteiger partial charge in [0.05, 0.1) is 0 Å². The van der Waals surface area contributed by atoms with Crippen molar-refractivity contribution in [3.05, 3.63) is 0 Å². The zero-order chi connectivity index (χ0) is 11.9. The van der Waals surface area contributed by atoms with Gasteiger partial charge in [0.25, 0.3) is 0 Å². The first-order valence-corrected chi connectivity index (χ1v) is 6.37. The van der Waals surface area contributed by atoms with Gasteiger partial charge in [0.2, 0.25) is 0 Å². The lowest BCUT2D eigenvalue weighted by atomic mass is 10.3. The normalized spacial score (nSPS) is 16.8. The van der Waals surface area contributed by atoms with E-state index in [0.717, 1.165) is 12.8 Å². The maximum absolute atomic E-state index is 10.7. The molecule has 0 spiro atoms. The van der Waals surface area contributed by atoms with Crippen molar-refractivity contribution in [3.63, 3.8) is 0 Å². The van der Waals surface area contributed by atoms with Crippen LogP contribution in [0.25, 0.3) is 0 Å². The van der Waals surface area contributed by atoms with E-state index in [4.69, 9.17) is 24.0 Å². The van der Waals surface area contributed by atoms with Gasteiger partial charge in [-0.1, -0.05) is 6.92 Å². The van der Waals surface area contributed by atoms with Gasteiger partial charge in [0.15, 0.2) is 0 Å². The lowest BCUT2D eigenvalue weighted by molar-refractivity contribution is -0.148. The van der Waals surface area contributed by atoms with E-state index in [1.54, 1.807) is 0 Å². The lowest BCUT2D eigenvalue weighted by Gasteiger charge is -2.09. The van der Waals surface area contributed by atoms with Crippen LogP contribution in [0.15, 0.2) is 0 Å². The van der Waals surface area contributed by atoms with Crippen LogP contribution in [0, 0.1) is 0 Å². The van der Waals surface area contributed by atoms with Crippen molar-refractivity contribution in [2.75, 3.05) is 0 Å². The molecule has 0 amide bonds. The van der Waals surface area contributed by atoms with Crippen molar-refractivity contribution in [3.8, 4) is 0 Å². The number of ether oxygens (including phenoxy) is 1. The molecule has 0 atom stereocenters. The summed E-state index contributed by atoms with van der Waals surface area (Å²) in [5.41, 5.74) is 0. The summed E-state index contributed by atoms with van der Waals surface area (Å²) >= 11 is 0. The van der Waals surface area contributed by atoms with E-state index in [9.17, 15) is 4.79 Å². The Kier molecular flexibility index (Phi) is 6.76. The molecule has 0 heterocycles. The average Bonchev–Trinajstić information content (AvgIpc) is 2.53. The van der Waals surface area contributed by atoms with E-state index in [1.165, 1.54) is 12.8 Å². The highest BCUT2D eigenvalue weighted by molar-refractivity contribution is 7.45. The second-order valence-corrected chi connectivity index (χ2v) is 4.29. The highest BCUT2D eigenvalue weighted by Crippen LogP contribution is 2.25. The van der Waals surface area contributed by atoms with Crippen LogP contribution in [-0.4, -0.2) is 26.8 Å². The van der Waals surface area contributed by atoms with Crippen LogP contribution in [0.5, 0.6) is 0 Å². The molecule has 0 aromatic carbocycles. The predicted octanol–water partition coefficient (Wildman–Crippen LogP) is 0.954. The van der Waals surface area contributed by atoms with Gasteiger partial charge in [-0.05, 0) is 25.7 Å². The second kappa shape index (κ2) is 6.95. The highest BCUT2D eigenvalue weighted by Gasteiger charge is 2.17. The summed E-state index contributed by atoms with van der Waals surface area (Å²) in [4.78, 5) is 32.3. The van der Waals surface area contributed by atoms with Crippen LogP contribution >= 0.6 is 7.82 Å². The van der Waals surface area contributed by atoms with Gasteiger partial charge in [-0.2, -0.15) is 0 Å². The van der Waals surface area contributed by atoms with Gasteiger partial charge < -0.3 is 19.4 Å². The van der Waals surface area contributed by atoms with Crippen molar-refractivity contribution >= 4 is 13.8 Å². The number of esters is 1. The fraction of sp³-hybridized carbons (Fsp3) is 0.875. The first-order valence-electron chi connectivity index (χ1n) is 4.80. The molecule has 0 aliphatic heterocycles. The van der Waals surface area contributed by atoms with Crippen LogP contribution in [0.2, 0.25) is 0 Å². The number of carbonyl (C=O) groups excluding carboxylic acids is 1. The van der Waals surface area contributed by atoms with E-state index in [-0.39, 0.29) is 12.1 Å². The van der Waals surface area contributed by atoms with Crippen LogP contribution in [0.4, 0.5) is 0 Å². The maximum atomic E-state index is 10.7. The molecule has 3 N–H and O–H groups in total. The summed E-state index contributed by atoms with van der Waals surface area (Å²) in [6, 6.07) is 0. The number of phosphoric acid groups is 1. The molecule has 1 rings (SSSR count). The number of hydrogen-bond donors (Lipinski definition) is 3. The van der Waals surface area contributed by atoms with Crippen molar-refractivity contribution in [1.29, 1.82) is 0 Å². The Morgan fingerprint density at radius 1 is 1.33 bits per heavy atom. The Morgan fingerprint density at radius 2 is 1.73 bits per heavy atom. The second-order valence-electron chi connectivity index (χ2n) is 3.26. The largest absolute Gasteiger partial charge is 0.466 e. The zero-order valence-electron chi connectivity index (χ0n) is 8.63. The van der Waals surface area contributed by atoms with Gasteiger partial charge in [-0.3, -0.25) is 4.79 Å². The molecule has 1 aliphatic rings. The van der Waals surface area contributed by atoms with Gasteiger partial charge >= 0.3 is 13.8 Å². The molecule has 0 unspecified atom stereocenters. The molecule has 1 fully saturated rings. The minimum atomic E-state index is -4.64. The maximum Gasteiger partial charge on any atom is 0.466 e. The monoisotopic (exact) mass is 240 g/mol. The molecule has 0 aromatic rings. The number of carbonyl (C=O) groups is 1. The minimum Gasteiger partial charge on any atom is -0.462 e. The summed E-state index contributed by atoms with van der Waals surface area (Å²) in [6.45, 7) is 1.83. The van der Waals surface area contributed by atoms with Crippen LogP contribution < -0.4 is 0 Å². The Bertz CT molecular complexity index is 221. The van der Waals surface area contributed by atoms with Crippen LogP contribution in [0.3, 0.4) is 0 Å². The van der Waals surface area contributed by atoms with Crippen molar-refractivity contribution in [1.82, 2.24) is 0 Å². The minimum absolute atomic E-state index is 0.0492. The third kappa shape index (κ3) is 11.5. The summed E-state index contributed by atoms with van der Waals surface area (Å²) < 4.78 is 14.0. The van der Waals surface area contributed by atoms with Gasteiger partial charge in [0, 0.05) is 6.42 Å². The number of hydrogen-bond acceptors (Lipinski definition) is 3. The third-order valence-electron chi connectivity index (χ3n) is 1.89. The van der Waals surface area contributed by atoms with Crippen molar-refractivity contribution < 1.29 is 28.8 Å². The van der Waals surface area contributed by atoms with E-state index in [1.807, 2.05) is 6.92 Å². The third-order valence-corrected chi connectivity index (χ3v) is 1.89. The topological polar surface area (TPSA) is 104 Å². The van der Waals surface area contributed by atoms with Crippen LogP contribution in [-0.2, 0) is 14.1 Å². The Balaban J connectivity index is 0.000000336. The summed E-state index contributed by atoms with van der Waals surface area (Å²) in [5, 5.41) is 0. The van der Waals surface area contributed by atoms with Crippen LogP contribution in [0.1, 0.15) is 39.0 Å². The fourth-order valence-electron chi connectivity index (χ4n) is 1.28. The molecule has 0 saturated heterocycles. The van der Waals surface area contributed by atoms with E-state index < -0.39 is 7.82 Å². The first kappa shape index (κ1) is 14.6. The molecule has 15 heavy (non-hydrogen) atoms. The first-order chi connectivity index (χ1) is 6.83. The average molecular weight is 240 g/mol. The van der Waals surface area contributed by atoms with Crippen molar-refractivity contribution in [2.45, 2.75) is 45.1 Å². The quantitative estimate of drug-likeness (QED) is 0.490. The fourth-order valence-corrected chi connectivity index (χ4v) is 1.28. The lowest BCUT2D eigenvalue weighted by Crippen LogP contribution is -2.13. The molecule has 90 valence electrons. The molecule has 7 heteroatoms. The molecule has 0 aromatic heterocycles. The molecule has 6 nitrogen and oxygen atoms in total. The van der Waals surface area contributed by atoms with Gasteiger partial charge in [-0.15, -0.1) is 0 Å². The highest BCUT2D eigenvalue weighted by atomic mass is 31.2. The Morgan fingerprint density at radius 3 is 2.07 bits per heavy atom. The van der Waals surface area contributed by atoms with Gasteiger partial charge in [0.1, 0.15) is 6.10 Å². The standard InChI is InChI=1S/C8H14O2.H3O4P/c1-2-8(9)10-7-5-3-4-6-7;1-5(2,3)4/h7H,2-6H2,1H3;(H3,1,2,3,4). The van der Waals surface area contributed by atoms with Gasteiger partial charge in [-0.25, -0.2) is 4.57 Å². The molecule has 1 aliphatic carbocycles. The summed E-state index contributed by atoms with van der Waals surface area (Å²) in [6.07, 6.45) is 5.35. The van der Waals surface area contributed by atoms with E-state index in [0.29, 0.717) is 6.42 Å². The Hall–Kier alpha value is -0.420. The summed E-state index contributed by atoms with van der Waals surface area (Å²) in [7, 11) is -4.64. The summed E-state index contributed by atoms with van der Waals surface area (Å²) in [5.74, 6) is -0.0492. The molecular formula is C8H17O6P.